The number of aliphatic hydroxyl groups is 1. The molecule has 6 heteroatoms. The summed E-state index contributed by atoms with van der Waals surface area (Å²) in [5.41, 5.74) is -1.16. The predicted molar refractivity (Wildman–Crippen MR) is 62.5 cm³/mol. The molecule has 17 heavy (non-hydrogen) atoms. The highest BCUT2D eigenvalue weighted by atomic mass is 35.5. The number of nitrogens with one attached hydrogen (secondary N) is 1. The average Bonchev–Trinajstić information content (AvgIpc) is 2.29. The summed E-state index contributed by atoms with van der Waals surface area (Å²) in [7, 11) is 1.19. The van der Waals surface area contributed by atoms with E-state index in [0.29, 0.717) is 5.69 Å². The molecule has 0 heterocycles. The molecule has 1 atom stereocenters. The van der Waals surface area contributed by atoms with Crippen molar-refractivity contribution in [3.05, 3.63) is 29.0 Å². The summed E-state index contributed by atoms with van der Waals surface area (Å²) in [4.78, 5) is 11.2. The molecule has 0 fully saturated rings. The molecule has 1 aromatic carbocycles. The molecule has 2 N–H and O–H groups in total. The molecule has 1 unspecified atom stereocenters. The first-order valence-electron chi connectivity index (χ1n) is 4.86. The summed E-state index contributed by atoms with van der Waals surface area (Å²) in [6.07, 6.45) is 0. The Hall–Kier alpha value is -1.33. The van der Waals surface area contributed by atoms with Crippen molar-refractivity contribution < 1.29 is 19.0 Å². The van der Waals surface area contributed by atoms with Gasteiger partial charge in [0.15, 0.2) is 5.60 Å². The monoisotopic (exact) mass is 261 g/mol. The molecule has 0 saturated carbocycles. The van der Waals surface area contributed by atoms with Crippen LogP contribution in [0, 0.1) is 5.82 Å². The van der Waals surface area contributed by atoms with Gasteiger partial charge in [0.25, 0.3) is 0 Å². The Morgan fingerprint density at radius 3 is 2.82 bits per heavy atom. The number of hydrogen-bond acceptors (Lipinski definition) is 4. The number of halogens is 2. The van der Waals surface area contributed by atoms with E-state index in [2.05, 4.69) is 10.1 Å². The summed E-state index contributed by atoms with van der Waals surface area (Å²) in [6, 6.07) is 4.01. The van der Waals surface area contributed by atoms with Gasteiger partial charge in [-0.3, -0.25) is 0 Å². The maximum Gasteiger partial charge on any atom is 0.339 e. The molecule has 0 aliphatic carbocycles. The molecular weight excluding hydrogens is 249 g/mol. The number of rotatable bonds is 4. The fourth-order valence-electron chi connectivity index (χ4n) is 1.17. The van der Waals surface area contributed by atoms with E-state index in [4.69, 9.17) is 11.6 Å². The SMILES string of the molecule is COC(=O)C(C)(O)CNc1ccc(F)c(Cl)c1. The fourth-order valence-corrected chi connectivity index (χ4v) is 1.35. The minimum atomic E-state index is -1.66. The Balaban J connectivity index is 2.67. The van der Waals surface area contributed by atoms with Crippen molar-refractivity contribution in [3.63, 3.8) is 0 Å². The Morgan fingerprint density at radius 2 is 2.29 bits per heavy atom. The van der Waals surface area contributed by atoms with Crippen molar-refractivity contribution in [2.45, 2.75) is 12.5 Å². The van der Waals surface area contributed by atoms with Gasteiger partial charge in [0.1, 0.15) is 5.82 Å². The molecule has 0 aliphatic rings. The second-order valence-corrected chi connectivity index (χ2v) is 4.16. The van der Waals surface area contributed by atoms with E-state index in [-0.39, 0.29) is 11.6 Å². The first-order valence-corrected chi connectivity index (χ1v) is 5.24. The Labute approximate surface area is 103 Å². The number of esters is 1. The summed E-state index contributed by atoms with van der Waals surface area (Å²) in [5, 5.41) is 12.5. The number of methoxy groups -OCH3 is 1. The van der Waals surface area contributed by atoms with E-state index >= 15 is 0 Å². The van der Waals surface area contributed by atoms with Crippen LogP contribution in [0.4, 0.5) is 10.1 Å². The van der Waals surface area contributed by atoms with E-state index in [0.717, 1.165) is 0 Å². The molecule has 0 spiro atoms. The normalized spacial score (nSPS) is 13.9. The maximum absolute atomic E-state index is 12.9. The predicted octanol–water partition coefficient (Wildman–Crippen LogP) is 1.81. The van der Waals surface area contributed by atoms with Crippen molar-refractivity contribution in [1.29, 1.82) is 0 Å². The molecule has 0 aromatic heterocycles. The number of ether oxygens (including phenoxy) is 1. The topological polar surface area (TPSA) is 58.6 Å². The summed E-state index contributed by atoms with van der Waals surface area (Å²) >= 11 is 5.58. The van der Waals surface area contributed by atoms with Gasteiger partial charge < -0.3 is 15.2 Å². The summed E-state index contributed by atoms with van der Waals surface area (Å²) in [6.45, 7) is 1.25. The lowest BCUT2D eigenvalue weighted by Gasteiger charge is -2.21. The van der Waals surface area contributed by atoms with Crippen LogP contribution in [0.1, 0.15) is 6.92 Å². The van der Waals surface area contributed by atoms with E-state index in [1.165, 1.54) is 32.2 Å². The zero-order valence-corrected chi connectivity index (χ0v) is 10.2. The van der Waals surface area contributed by atoms with Gasteiger partial charge in [0.05, 0.1) is 18.7 Å². The first-order chi connectivity index (χ1) is 7.86. The molecule has 0 amide bonds. The van der Waals surface area contributed by atoms with Gasteiger partial charge in [-0.2, -0.15) is 0 Å². The van der Waals surface area contributed by atoms with Crippen LogP contribution in [0.25, 0.3) is 0 Å². The van der Waals surface area contributed by atoms with Crippen LogP contribution < -0.4 is 5.32 Å². The van der Waals surface area contributed by atoms with E-state index in [1.807, 2.05) is 0 Å². The largest absolute Gasteiger partial charge is 0.467 e. The Morgan fingerprint density at radius 1 is 1.65 bits per heavy atom. The quantitative estimate of drug-likeness (QED) is 0.812. The maximum atomic E-state index is 12.9. The van der Waals surface area contributed by atoms with Crippen molar-refractivity contribution >= 4 is 23.3 Å². The summed E-state index contributed by atoms with van der Waals surface area (Å²) in [5.74, 6) is -1.28. The molecular formula is C11H13ClFNO3. The smallest absolute Gasteiger partial charge is 0.339 e. The number of benzene rings is 1. The molecule has 4 nitrogen and oxygen atoms in total. The van der Waals surface area contributed by atoms with Gasteiger partial charge in [-0.25, -0.2) is 9.18 Å². The summed E-state index contributed by atoms with van der Waals surface area (Å²) < 4.78 is 17.3. The molecule has 94 valence electrons. The molecule has 0 aliphatic heterocycles. The van der Waals surface area contributed by atoms with Gasteiger partial charge in [-0.05, 0) is 25.1 Å². The zero-order chi connectivity index (χ0) is 13.1. The second kappa shape index (κ2) is 5.33. The van der Waals surface area contributed by atoms with Crippen LogP contribution in [0.2, 0.25) is 5.02 Å². The third-order valence-electron chi connectivity index (χ3n) is 2.18. The standard InChI is InChI=1S/C11H13ClFNO3/c1-11(16,10(15)17-2)6-14-7-3-4-9(13)8(12)5-7/h3-5,14,16H,6H2,1-2H3. The molecule has 0 saturated heterocycles. The number of carbonyl (C=O) groups is 1. The zero-order valence-electron chi connectivity index (χ0n) is 9.46. The highest BCUT2D eigenvalue weighted by molar-refractivity contribution is 6.31. The van der Waals surface area contributed by atoms with Gasteiger partial charge in [-0.1, -0.05) is 11.6 Å². The van der Waals surface area contributed by atoms with Crippen molar-refractivity contribution in [2.75, 3.05) is 19.0 Å². The van der Waals surface area contributed by atoms with Crippen LogP contribution >= 0.6 is 11.6 Å². The Kier molecular flexibility index (Phi) is 4.31. The average molecular weight is 262 g/mol. The van der Waals surface area contributed by atoms with Crippen molar-refractivity contribution in [1.82, 2.24) is 0 Å². The minimum absolute atomic E-state index is 0.0345. The molecule has 1 aromatic rings. The van der Waals surface area contributed by atoms with Crippen LogP contribution in [0.15, 0.2) is 18.2 Å². The van der Waals surface area contributed by atoms with E-state index in [9.17, 15) is 14.3 Å². The molecule has 0 radical (unpaired) electrons. The lowest BCUT2D eigenvalue weighted by molar-refractivity contribution is -0.158. The minimum Gasteiger partial charge on any atom is -0.467 e. The first kappa shape index (κ1) is 13.7. The lowest BCUT2D eigenvalue weighted by atomic mass is 10.1. The van der Waals surface area contributed by atoms with Crippen molar-refractivity contribution in [2.24, 2.45) is 0 Å². The third kappa shape index (κ3) is 3.57. The number of carbonyl (C=O) groups excluding carboxylic acids is 1. The van der Waals surface area contributed by atoms with Gasteiger partial charge >= 0.3 is 5.97 Å². The van der Waals surface area contributed by atoms with Crippen LogP contribution in [0.3, 0.4) is 0 Å². The fraction of sp³-hybridized carbons (Fsp3) is 0.364. The highest BCUT2D eigenvalue weighted by Crippen LogP contribution is 2.20. The number of anilines is 1. The van der Waals surface area contributed by atoms with Crippen LogP contribution in [-0.2, 0) is 9.53 Å². The van der Waals surface area contributed by atoms with E-state index in [1.54, 1.807) is 0 Å². The van der Waals surface area contributed by atoms with Crippen LogP contribution in [0.5, 0.6) is 0 Å². The second-order valence-electron chi connectivity index (χ2n) is 3.75. The van der Waals surface area contributed by atoms with E-state index < -0.39 is 17.4 Å². The van der Waals surface area contributed by atoms with Gasteiger partial charge in [0, 0.05) is 5.69 Å². The molecule has 1 rings (SSSR count). The highest BCUT2D eigenvalue weighted by Gasteiger charge is 2.31. The third-order valence-corrected chi connectivity index (χ3v) is 2.47. The van der Waals surface area contributed by atoms with Crippen LogP contribution in [-0.4, -0.2) is 30.3 Å². The Bertz CT molecular complexity index is 423. The van der Waals surface area contributed by atoms with Gasteiger partial charge in [0.2, 0.25) is 0 Å². The number of hydrogen-bond donors (Lipinski definition) is 2. The van der Waals surface area contributed by atoms with Crippen molar-refractivity contribution in [3.8, 4) is 0 Å². The lowest BCUT2D eigenvalue weighted by Crippen LogP contribution is -2.42. The van der Waals surface area contributed by atoms with Gasteiger partial charge in [-0.15, -0.1) is 0 Å². The molecule has 0 bridgehead atoms.